The second-order valence-electron chi connectivity index (χ2n) is 14.3. The molecular formula is C35H52O3. The van der Waals surface area contributed by atoms with Crippen LogP contribution in [0.2, 0.25) is 0 Å². The molecule has 1 aromatic rings. The van der Waals surface area contributed by atoms with Gasteiger partial charge in [-0.1, -0.05) is 65.5 Å². The van der Waals surface area contributed by atoms with Crippen LogP contribution in [0.15, 0.2) is 35.9 Å². The number of allylic oxidation sites excluding steroid dienone is 1. The Morgan fingerprint density at radius 1 is 0.974 bits per heavy atom. The molecule has 3 nitrogen and oxygen atoms in total. The number of rotatable bonds is 8. The number of hydrogen-bond donors (Lipinski definition) is 0. The highest BCUT2D eigenvalue weighted by molar-refractivity contribution is 5.89. The first-order chi connectivity index (χ1) is 18.2. The molecule has 4 aliphatic rings. The van der Waals surface area contributed by atoms with E-state index in [1.807, 2.05) is 12.1 Å². The molecule has 0 radical (unpaired) electrons. The quantitative estimate of drug-likeness (QED) is 0.253. The molecular weight excluding hydrogens is 468 g/mol. The van der Waals surface area contributed by atoms with Gasteiger partial charge in [-0.05, 0) is 116 Å². The normalized spacial score (nSPS) is 37.0. The van der Waals surface area contributed by atoms with Gasteiger partial charge < -0.3 is 9.47 Å². The number of ether oxygens (including phenoxy) is 2. The lowest BCUT2D eigenvalue weighted by Gasteiger charge is -2.58. The van der Waals surface area contributed by atoms with Gasteiger partial charge in [0.25, 0.3) is 0 Å². The average molecular weight is 521 g/mol. The van der Waals surface area contributed by atoms with Crippen molar-refractivity contribution in [1.82, 2.24) is 0 Å². The summed E-state index contributed by atoms with van der Waals surface area (Å²) >= 11 is 0. The molecule has 3 fully saturated rings. The molecule has 4 aliphatic carbocycles. The minimum Gasteiger partial charge on any atom is -0.497 e. The first kappa shape index (κ1) is 27.8. The Hall–Kier alpha value is -1.77. The second-order valence-corrected chi connectivity index (χ2v) is 14.3. The van der Waals surface area contributed by atoms with E-state index in [9.17, 15) is 4.79 Å². The third-order valence-corrected chi connectivity index (χ3v) is 11.9. The summed E-state index contributed by atoms with van der Waals surface area (Å²) in [6.07, 6.45) is 16.8. The van der Waals surface area contributed by atoms with Crippen LogP contribution in [0.3, 0.4) is 0 Å². The Morgan fingerprint density at radius 3 is 2.45 bits per heavy atom. The van der Waals surface area contributed by atoms with Gasteiger partial charge in [-0.15, -0.1) is 0 Å². The molecule has 0 unspecified atom stereocenters. The van der Waals surface area contributed by atoms with Crippen molar-refractivity contribution < 1.29 is 14.3 Å². The van der Waals surface area contributed by atoms with Crippen LogP contribution in [0.25, 0.3) is 0 Å². The van der Waals surface area contributed by atoms with Crippen molar-refractivity contribution in [3.8, 4) is 5.75 Å². The van der Waals surface area contributed by atoms with Crippen LogP contribution in [-0.2, 0) is 4.74 Å². The molecule has 38 heavy (non-hydrogen) atoms. The molecule has 0 aliphatic heterocycles. The van der Waals surface area contributed by atoms with Gasteiger partial charge in [0, 0.05) is 6.42 Å². The summed E-state index contributed by atoms with van der Waals surface area (Å²) in [4.78, 5) is 12.8. The van der Waals surface area contributed by atoms with Crippen LogP contribution in [0, 0.1) is 46.3 Å². The van der Waals surface area contributed by atoms with E-state index in [-0.39, 0.29) is 17.5 Å². The third kappa shape index (κ3) is 5.08. The van der Waals surface area contributed by atoms with E-state index in [2.05, 4.69) is 40.7 Å². The SMILES string of the molecule is COc1ccc(C(=O)O[C@H]2CC[C@@]3(C)C(=CC[C@@H]4[C@H]5CC[C@@H]([C@H](C)CCCC(C)C)[C@@]5(C)CC[C@H]43)C2)cc1. The first-order valence-electron chi connectivity index (χ1n) is 15.7. The molecule has 1 aromatic carbocycles. The molecule has 0 bridgehead atoms. The zero-order valence-corrected chi connectivity index (χ0v) is 24.9. The predicted octanol–water partition coefficient (Wildman–Crippen LogP) is 9.26. The number of esters is 1. The maximum atomic E-state index is 12.8. The Morgan fingerprint density at radius 2 is 1.74 bits per heavy atom. The number of fused-ring (bicyclic) bond motifs is 5. The van der Waals surface area contributed by atoms with Gasteiger partial charge in [-0.3, -0.25) is 0 Å². The lowest BCUT2D eigenvalue weighted by Crippen LogP contribution is -2.51. The van der Waals surface area contributed by atoms with E-state index >= 15 is 0 Å². The molecule has 0 saturated heterocycles. The van der Waals surface area contributed by atoms with E-state index in [1.165, 1.54) is 51.4 Å². The van der Waals surface area contributed by atoms with E-state index in [0.29, 0.717) is 11.0 Å². The summed E-state index contributed by atoms with van der Waals surface area (Å²) in [6.45, 7) is 12.5. The van der Waals surface area contributed by atoms with E-state index < -0.39 is 0 Å². The first-order valence-corrected chi connectivity index (χ1v) is 15.7. The second kappa shape index (κ2) is 11.0. The number of carbonyl (C=O) groups is 1. The number of hydrogen-bond acceptors (Lipinski definition) is 3. The monoisotopic (exact) mass is 520 g/mol. The van der Waals surface area contributed by atoms with Gasteiger partial charge >= 0.3 is 5.97 Å². The average Bonchev–Trinajstić information content (AvgIpc) is 3.26. The van der Waals surface area contributed by atoms with Crippen molar-refractivity contribution in [2.45, 2.75) is 111 Å². The maximum absolute atomic E-state index is 12.8. The fourth-order valence-corrected chi connectivity index (χ4v) is 9.70. The van der Waals surface area contributed by atoms with Crippen molar-refractivity contribution in [2.75, 3.05) is 7.11 Å². The van der Waals surface area contributed by atoms with Crippen molar-refractivity contribution in [3.05, 3.63) is 41.5 Å². The Balaban J connectivity index is 1.24. The van der Waals surface area contributed by atoms with Crippen LogP contribution in [-0.4, -0.2) is 19.2 Å². The van der Waals surface area contributed by atoms with E-state index in [0.717, 1.165) is 60.5 Å². The Labute approximate surface area is 232 Å². The van der Waals surface area contributed by atoms with Crippen LogP contribution < -0.4 is 4.74 Å². The standard InChI is InChI=1S/C35H52O3/c1-23(2)8-7-9-24(3)30-16-17-31-29-15-12-26-22-28(38-33(36)25-10-13-27(37-6)14-11-25)18-20-34(26,4)32(29)19-21-35(30,31)5/h10-14,23-24,28-32H,7-9,15-22H2,1-6H3/t24-,28+,29-,30+,31-,32-,34+,35-/m1/s1. The Kier molecular flexibility index (Phi) is 8.05. The zero-order chi connectivity index (χ0) is 27.1. The molecule has 3 heteroatoms. The molecule has 5 rings (SSSR count). The summed E-state index contributed by atoms with van der Waals surface area (Å²) in [6, 6.07) is 7.26. The van der Waals surface area contributed by atoms with Crippen molar-refractivity contribution in [2.24, 2.45) is 46.3 Å². The lowest BCUT2D eigenvalue weighted by molar-refractivity contribution is -0.0594. The molecule has 3 saturated carbocycles. The molecule has 0 heterocycles. The third-order valence-electron chi connectivity index (χ3n) is 11.9. The van der Waals surface area contributed by atoms with Crippen LogP contribution in [0.5, 0.6) is 5.75 Å². The fourth-order valence-electron chi connectivity index (χ4n) is 9.70. The summed E-state index contributed by atoms with van der Waals surface area (Å²) in [7, 11) is 1.64. The van der Waals surface area contributed by atoms with Gasteiger partial charge in [-0.2, -0.15) is 0 Å². The molecule has 0 amide bonds. The molecule has 0 aromatic heterocycles. The molecule has 0 spiro atoms. The summed E-state index contributed by atoms with van der Waals surface area (Å²) in [5.74, 6) is 5.68. The van der Waals surface area contributed by atoms with E-state index in [1.54, 1.807) is 24.8 Å². The molecule has 210 valence electrons. The molecule has 8 atom stereocenters. The van der Waals surface area contributed by atoms with E-state index in [4.69, 9.17) is 9.47 Å². The summed E-state index contributed by atoms with van der Waals surface area (Å²) < 4.78 is 11.3. The number of carbonyl (C=O) groups excluding carboxylic acids is 1. The lowest BCUT2D eigenvalue weighted by atomic mass is 9.47. The fraction of sp³-hybridized carbons (Fsp3) is 0.743. The largest absolute Gasteiger partial charge is 0.497 e. The summed E-state index contributed by atoms with van der Waals surface area (Å²) in [5, 5.41) is 0. The van der Waals surface area contributed by atoms with Crippen LogP contribution in [0.1, 0.15) is 116 Å². The van der Waals surface area contributed by atoms with Crippen molar-refractivity contribution in [3.63, 3.8) is 0 Å². The summed E-state index contributed by atoms with van der Waals surface area (Å²) in [5.41, 5.74) is 3.01. The molecule has 0 N–H and O–H groups in total. The van der Waals surface area contributed by atoms with Gasteiger partial charge in [-0.25, -0.2) is 4.79 Å². The minimum atomic E-state index is -0.205. The van der Waals surface area contributed by atoms with Gasteiger partial charge in [0.05, 0.1) is 12.7 Å². The maximum Gasteiger partial charge on any atom is 0.338 e. The van der Waals surface area contributed by atoms with Crippen molar-refractivity contribution in [1.29, 1.82) is 0 Å². The zero-order valence-electron chi connectivity index (χ0n) is 24.9. The predicted molar refractivity (Wildman–Crippen MR) is 155 cm³/mol. The highest BCUT2D eigenvalue weighted by atomic mass is 16.5. The smallest absolute Gasteiger partial charge is 0.338 e. The minimum absolute atomic E-state index is 0.00289. The topological polar surface area (TPSA) is 35.5 Å². The Bertz CT molecular complexity index is 1010. The van der Waals surface area contributed by atoms with Crippen molar-refractivity contribution >= 4 is 5.97 Å². The van der Waals surface area contributed by atoms with Gasteiger partial charge in [0.2, 0.25) is 0 Å². The van der Waals surface area contributed by atoms with Gasteiger partial charge in [0.15, 0.2) is 0 Å². The highest BCUT2D eigenvalue weighted by Gasteiger charge is 2.59. The number of benzene rings is 1. The van der Waals surface area contributed by atoms with Gasteiger partial charge in [0.1, 0.15) is 11.9 Å². The number of methoxy groups -OCH3 is 1. The van der Waals surface area contributed by atoms with Crippen LogP contribution in [0.4, 0.5) is 0 Å². The van der Waals surface area contributed by atoms with Crippen LogP contribution >= 0.6 is 0 Å². The highest BCUT2D eigenvalue weighted by Crippen LogP contribution is 2.67.